The van der Waals surface area contributed by atoms with Gasteiger partial charge in [0.15, 0.2) is 5.78 Å². The molecular weight excluding hydrogens is 374 g/mol. The van der Waals surface area contributed by atoms with Crippen LogP contribution < -0.4 is 5.32 Å². The highest BCUT2D eigenvalue weighted by Crippen LogP contribution is 2.51. The van der Waals surface area contributed by atoms with Crippen molar-refractivity contribution >= 4 is 11.8 Å². The molecule has 1 saturated carbocycles. The molecule has 0 spiro atoms. The van der Waals surface area contributed by atoms with Crippen molar-refractivity contribution in [3.05, 3.63) is 95.6 Å². The molecule has 150 valence electrons. The van der Waals surface area contributed by atoms with Crippen LogP contribution in [0.1, 0.15) is 29.5 Å². The SMILES string of the molecule is COC(=O)C1CC[C@H](NC2(c3ccccc3)c3ccccc3-c3ccccc32)C1=O. The Balaban J connectivity index is 1.68. The van der Waals surface area contributed by atoms with Crippen LogP contribution in [0.25, 0.3) is 11.1 Å². The Morgan fingerprint density at radius 1 is 0.867 bits per heavy atom. The van der Waals surface area contributed by atoms with Crippen LogP contribution in [-0.2, 0) is 19.9 Å². The van der Waals surface area contributed by atoms with Crippen LogP contribution in [0.2, 0.25) is 0 Å². The molecule has 0 heterocycles. The molecule has 3 aromatic rings. The normalized spacial score (nSPS) is 21.2. The van der Waals surface area contributed by atoms with Gasteiger partial charge in [-0.25, -0.2) is 0 Å². The quantitative estimate of drug-likeness (QED) is 0.533. The molecule has 0 bridgehead atoms. The predicted octanol–water partition coefficient (Wildman–Crippen LogP) is 4.07. The van der Waals surface area contributed by atoms with E-state index < -0.39 is 23.5 Å². The fourth-order valence-corrected chi connectivity index (χ4v) is 5.11. The molecule has 0 saturated heterocycles. The average Bonchev–Trinajstić information content (AvgIpc) is 3.31. The maximum absolute atomic E-state index is 13.1. The fraction of sp³-hybridized carbons (Fsp3) is 0.231. The molecule has 5 rings (SSSR count). The average molecular weight is 397 g/mol. The van der Waals surface area contributed by atoms with E-state index in [9.17, 15) is 9.59 Å². The minimum atomic E-state index is -0.688. The number of ketones is 1. The number of hydrogen-bond acceptors (Lipinski definition) is 4. The molecule has 3 aromatic carbocycles. The first-order valence-electron chi connectivity index (χ1n) is 10.3. The van der Waals surface area contributed by atoms with Crippen molar-refractivity contribution < 1.29 is 14.3 Å². The van der Waals surface area contributed by atoms with Crippen LogP contribution in [-0.4, -0.2) is 24.9 Å². The van der Waals surface area contributed by atoms with Gasteiger partial charge in [-0.15, -0.1) is 0 Å². The topological polar surface area (TPSA) is 55.4 Å². The molecule has 4 heteroatoms. The second kappa shape index (κ2) is 7.22. The summed E-state index contributed by atoms with van der Waals surface area (Å²) in [5.41, 5.74) is 5.02. The third kappa shape index (κ3) is 2.64. The van der Waals surface area contributed by atoms with Crippen molar-refractivity contribution in [2.75, 3.05) is 7.11 Å². The van der Waals surface area contributed by atoms with Crippen LogP contribution in [0.5, 0.6) is 0 Å². The summed E-state index contributed by atoms with van der Waals surface area (Å²) >= 11 is 0. The second-order valence-corrected chi connectivity index (χ2v) is 7.96. The molecule has 1 N–H and O–H groups in total. The van der Waals surface area contributed by atoms with Gasteiger partial charge in [0.05, 0.1) is 18.7 Å². The summed E-state index contributed by atoms with van der Waals surface area (Å²) in [4.78, 5) is 25.2. The lowest BCUT2D eigenvalue weighted by Gasteiger charge is -2.36. The number of carbonyl (C=O) groups is 2. The van der Waals surface area contributed by atoms with Gasteiger partial charge >= 0.3 is 5.97 Å². The lowest BCUT2D eigenvalue weighted by Crippen LogP contribution is -2.51. The predicted molar refractivity (Wildman–Crippen MR) is 115 cm³/mol. The van der Waals surface area contributed by atoms with Gasteiger partial charge < -0.3 is 4.74 Å². The molecule has 1 unspecified atom stereocenters. The summed E-state index contributed by atoms with van der Waals surface area (Å²) in [5.74, 6) is -1.21. The third-order valence-electron chi connectivity index (χ3n) is 6.47. The maximum atomic E-state index is 13.1. The minimum absolute atomic E-state index is 0.0842. The van der Waals surface area contributed by atoms with Crippen LogP contribution >= 0.6 is 0 Å². The summed E-state index contributed by atoms with van der Waals surface area (Å²) < 4.78 is 4.86. The molecule has 2 atom stereocenters. The lowest BCUT2D eigenvalue weighted by atomic mass is 9.79. The van der Waals surface area contributed by atoms with Crippen molar-refractivity contribution in [3.63, 3.8) is 0 Å². The number of nitrogens with one attached hydrogen (secondary N) is 1. The van der Waals surface area contributed by atoms with E-state index in [4.69, 9.17) is 4.74 Å². The van der Waals surface area contributed by atoms with E-state index in [0.29, 0.717) is 12.8 Å². The zero-order chi connectivity index (χ0) is 20.7. The molecule has 1 fully saturated rings. The van der Waals surface area contributed by atoms with Crippen LogP contribution in [0.4, 0.5) is 0 Å². The number of ether oxygens (including phenoxy) is 1. The lowest BCUT2D eigenvalue weighted by molar-refractivity contribution is -0.148. The first-order chi connectivity index (χ1) is 14.7. The van der Waals surface area contributed by atoms with E-state index in [-0.39, 0.29) is 5.78 Å². The molecule has 0 radical (unpaired) electrons. The number of fused-ring (bicyclic) bond motifs is 3. The van der Waals surface area contributed by atoms with Crippen LogP contribution in [0.15, 0.2) is 78.9 Å². The van der Waals surface area contributed by atoms with Crippen molar-refractivity contribution in [1.29, 1.82) is 0 Å². The first kappa shape index (κ1) is 18.8. The largest absolute Gasteiger partial charge is 0.468 e. The van der Waals surface area contributed by atoms with Gasteiger partial charge in [0, 0.05) is 0 Å². The van der Waals surface area contributed by atoms with Gasteiger partial charge in [-0.3, -0.25) is 14.9 Å². The van der Waals surface area contributed by atoms with E-state index in [1.807, 2.05) is 42.5 Å². The van der Waals surface area contributed by atoms with Gasteiger partial charge in [0.1, 0.15) is 5.92 Å². The van der Waals surface area contributed by atoms with E-state index in [1.54, 1.807) is 0 Å². The maximum Gasteiger partial charge on any atom is 0.316 e. The van der Waals surface area contributed by atoms with Crippen molar-refractivity contribution in [2.24, 2.45) is 5.92 Å². The highest BCUT2D eigenvalue weighted by molar-refractivity contribution is 6.03. The van der Waals surface area contributed by atoms with Gasteiger partial charge in [-0.2, -0.15) is 0 Å². The smallest absolute Gasteiger partial charge is 0.316 e. The molecule has 30 heavy (non-hydrogen) atoms. The summed E-state index contributed by atoms with van der Waals surface area (Å²) in [6, 6.07) is 26.5. The molecule has 2 aliphatic carbocycles. The van der Waals surface area contributed by atoms with Crippen molar-refractivity contribution in [2.45, 2.75) is 24.4 Å². The zero-order valence-corrected chi connectivity index (χ0v) is 16.8. The molecule has 2 aliphatic rings. The fourth-order valence-electron chi connectivity index (χ4n) is 5.11. The summed E-state index contributed by atoms with van der Waals surface area (Å²) in [7, 11) is 1.34. The number of benzene rings is 3. The Labute approximate surface area is 175 Å². The monoisotopic (exact) mass is 397 g/mol. The Morgan fingerprint density at radius 2 is 1.43 bits per heavy atom. The summed E-state index contributed by atoms with van der Waals surface area (Å²) in [6.07, 6.45) is 1.12. The molecule has 0 aliphatic heterocycles. The number of esters is 1. The highest BCUT2D eigenvalue weighted by atomic mass is 16.5. The Bertz CT molecular complexity index is 1080. The number of hydrogen-bond donors (Lipinski definition) is 1. The van der Waals surface area contributed by atoms with Crippen molar-refractivity contribution in [1.82, 2.24) is 5.32 Å². The molecule has 0 aromatic heterocycles. The zero-order valence-electron chi connectivity index (χ0n) is 16.8. The Kier molecular flexibility index (Phi) is 4.52. The summed E-state index contributed by atoms with van der Waals surface area (Å²) in [6.45, 7) is 0. The van der Waals surface area contributed by atoms with Gasteiger partial charge in [0.25, 0.3) is 0 Å². The standard InChI is InChI=1S/C26H23NO3/c1-30-25(29)20-15-16-23(24(20)28)27-26(17-9-3-2-4-10-17)21-13-7-5-11-18(21)19-12-6-8-14-22(19)26/h2-14,20,23,27H,15-16H2,1H3/t20?,23-/m0/s1. The van der Waals surface area contributed by atoms with Crippen LogP contribution in [0, 0.1) is 5.92 Å². The number of rotatable bonds is 4. The molecule has 4 nitrogen and oxygen atoms in total. The number of Topliss-reactive ketones (excluding diaryl/α,β-unsaturated/α-hetero) is 1. The number of carbonyl (C=O) groups excluding carboxylic acids is 2. The van der Waals surface area contributed by atoms with Gasteiger partial charge in [-0.1, -0.05) is 78.9 Å². The molecular formula is C26H23NO3. The van der Waals surface area contributed by atoms with Crippen molar-refractivity contribution in [3.8, 4) is 11.1 Å². The third-order valence-corrected chi connectivity index (χ3v) is 6.47. The Hall–Kier alpha value is -3.24. The first-order valence-corrected chi connectivity index (χ1v) is 10.3. The van der Waals surface area contributed by atoms with Gasteiger partial charge in [-0.05, 0) is 40.7 Å². The minimum Gasteiger partial charge on any atom is -0.468 e. The van der Waals surface area contributed by atoms with E-state index in [2.05, 4.69) is 41.7 Å². The summed E-state index contributed by atoms with van der Waals surface area (Å²) in [5, 5.41) is 3.72. The van der Waals surface area contributed by atoms with Gasteiger partial charge in [0.2, 0.25) is 0 Å². The van der Waals surface area contributed by atoms with E-state index >= 15 is 0 Å². The second-order valence-electron chi connectivity index (χ2n) is 7.96. The number of methoxy groups -OCH3 is 1. The molecule has 0 amide bonds. The Morgan fingerprint density at radius 3 is 2.03 bits per heavy atom. The van der Waals surface area contributed by atoms with Crippen LogP contribution in [0.3, 0.4) is 0 Å². The highest BCUT2D eigenvalue weighted by Gasteiger charge is 2.49. The van der Waals surface area contributed by atoms with E-state index in [1.165, 1.54) is 18.2 Å². The van der Waals surface area contributed by atoms with E-state index in [0.717, 1.165) is 16.7 Å².